The average Bonchev–Trinajstić information content (AvgIpc) is 3.91. The lowest BCUT2D eigenvalue weighted by Gasteiger charge is -2.58. The van der Waals surface area contributed by atoms with Crippen LogP contribution in [-0.2, 0) is 42.7 Å². The van der Waals surface area contributed by atoms with E-state index in [9.17, 15) is 19.6 Å². The number of nitriles is 1. The monoisotopic (exact) mass is 804 g/mol. The normalized spacial score (nSPS) is 20.1. The lowest BCUT2D eigenvalue weighted by atomic mass is 9.49. The number of nitrogens with one attached hydrogen (secondary N) is 2. The number of likely N-dealkylation sites (N-methyl/N-ethyl adjacent to an activating group) is 1. The third kappa shape index (κ3) is 5.63. The molecule has 3 aliphatic heterocycles. The number of carbonyl (C=O) groups is 3. The van der Waals surface area contributed by atoms with Gasteiger partial charge < -0.3 is 24.3 Å². The van der Waals surface area contributed by atoms with Crippen LogP contribution in [0, 0.1) is 32.1 Å². The van der Waals surface area contributed by atoms with E-state index in [0.717, 1.165) is 113 Å². The summed E-state index contributed by atoms with van der Waals surface area (Å²) in [6.07, 6.45) is 5.57. The van der Waals surface area contributed by atoms with Crippen LogP contribution in [0.15, 0.2) is 35.9 Å². The largest absolute Gasteiger partial charge is 0.469 e. The van der Waals surface area contributed by atoms with Crippen LogP contribution in [0.2, 0.25) is 0 Å². The fourth-order valence-corrected chi connectivity index (χ4v) is 10.9. The SMILES string of the molecule is CCC1=C(C)c2nc1cc1[nH]c(cc3[nH]c(cc4nc5c2C=C(C#N)C2N(C)c6cc(C)c(C=O)cc6C4(C)C52CC)c(C)c3CCC(=O)OC)c(CCC(=O)OC)c1C. The maximum Gasteiger partial charge on any atom is 0.305 e. The van der Waals surface area contributed by atoms with Crippen molar-refractivity contribution in [1.82, 2.24) is 19.9 Å². The zero-order chi connectivity index (χ0) is 43.0. The number of fused-ring (bicyclic) bond motifs is 11. The number of hydrogen-bond acceptors (Lipinski definition) is 9. The molecule has 4 aromatic rings. The van der Waals surface area contributed by atoms with Gasteiger partial charge in [0.25, 0.3) is 0 Å². The molecule has 0 amide bonds. The van der Waals surface area contributed by atoms with Crippen LogP contribution < -0.4 is 4.90 Å². The highest BCUT2D eigenvalue weighted by Gasteiger charge is 2.66. The molecule has 0 fully saturated rings. The van der Waals surface area contributed by atoms with E-state index in [0.29, 0.717) is 30.4 Å². The van der Waals surface area contributed by atoms with E-state index in [-0.39, 0.29) is 30.8 Å². The highest BCUT2D eigenvalue weighted by molar-refractivity contribution is 5.96. The number of benzene rings is 1. The number of hydrogen-bond donors (Lipinski definition) is 2. The summed E-state index contributed by atoms with van der Waals surface area (Å²) in [5.74, 6) is -0.604. The summed E-state index contributed by atoms with van der Waals surface area (Å²) in [6.45, 7) is 14.7. The standard InChI is InChI=1S/C49H52N6O5/c1-11-31-28(6)45-34-18-29(23-50)47-49(12-2)46(34)54-42(48(49,7)35-19-30(24-56)25(3)17-41(35)55(47)8)22-37-27(5)33(14-16-44(58)60-10)40(52-37)21-39-32(13-15-43(57)59-9)26(4)36(51-39)20-38(31)53-45/h17-22,24,47,51-52H,11-16H2,1-10H3. The molecule has 0 spiro atoms. The number of ether oxygens (including phenoxy) is 2. The van der Waals surface area contributed by atoms with Gasteiger partial charge in [0.05, 0.1) is 65.5 Å². The number of carbonyl (C=O) groups excluding carboxylic acids is 3. The number of H-pyrrole nitrogens is 2. The maximum absolute atomic E-state index is 12.6. The zero-order valence-electron chi connectivity index (χ0n) is 36.2. The number of allylic oxidation sites excluding steroid dienone is 2. The van der Waals surface area contributed by atoms with Crippen LogP contribution in [0.5, 0.6) is 0 Å². The second-order valence-corrected chi connectivity index (χ2v) is 16.8. The molecule has 11 nitrogen and oxygen atoms in total. The van der Waals surface area contributed by atoms with Crippen molar-refractivity contribution in [3.8, 4) is 6.07 Å². The smallest absolute Gasteiger partial charge is 0.305 e. The van der Waals surface area contributed by atoms with E-state index >= 15 is 0 Å². The molecule has 8 bridgehead atoms. The third-order valence-corrected chi connectivity index (χ3v) is 14.2. The number of aromatic nitrogens is 4. The van der Waals surface area contributed by atoms with Gasteiger partial charge in [0.1, 0.15) is 6.29 Å². The van der Waals surface area contributed by atoms with Crippen molar-refractivity contribution in [2.24, 2.45) is 0 Å². The van der Waals surface area contributed by atoms with Gasteiger partial charge in [-0.3, -0.25) is 19.4 Å². The van der Waals surface area contributed by atoms with Crippen molar-refractivity contribution in [2.45, 2.75) is 104 Å². The van der Waals surface area contributed by atoms with Gasteiger partial charge in [-0.05, 0) is 141 Å². The number of aldehydes is 1. The van der Waals surface area contributed by atoms with E-state index in [1.165, 1.54) is 14.2 Å². The zero-order valence-corrected chi connectivity index (χ0v) is 36.2. The predicted molar refractivity (Wildman–Crippen MR) is 235 cm³/mol. The summed E-state index contributed by atoms with van der Waals surface area (Å²) >= 11 is 0. The first-order valence-corrected chi connectivity index (χ1v) is 20.8. The third-order valence-electron chi connectivity index (χ3n) is 14.2. The molecular formula is C49H52N6O5. The Morgan fingerprint density at radius 2 is 1.52 bits per heavy atom. The Labute approximate surface area is 350 Å². The summed E-state index contributed by atoms with van der Waals surface area (Å²) in [7, 11) is 4.85. The fourth-order valence-electron chi connectivity index (χ4n) is 10.9. The van der Waals surface area contributed by atoms with Crippen LogP contribution in [-0.4, -0.2) is 65.5 Å². The molecular weight excluding hydrogens is 753 g/mol. The molecule has 8 rings (SSSR count). The molecule has 11 heteroatoms. The molecule has 3 aromatic heterocycles. The molecule has 4 aliphatic rings. The minimum atomic E-state index is -0.812. The number of nitrogens with zero attached hydrogens (tertiary/aromatic N) is 4. The lowest BCUT2D eigenvalue weighted by Crippen LogP contribution is -2.63. The van der Waals surface area contributed by atoms with E-state index in [4.69, 9.17) is 19.4 Å². The Hall–Kier alpha value is -6.28. The van der Waals surface area contributed by atoms with Crippen LogP contribution in [0.25, 0.3) is 39.3 Å². The minimum absolute atomic E-state index is 0.184. The fraction of sp³-hybridized carbons (Fsp3) is 0.388. The molecule has 0 saturated heterocycles. The van der Waals surface area contributed by atoms with Crippen LogP contribution in [0.3, 0.4) is 0 Å². The summed E-state index contributed by atoms with van der Waals surface area (Å²) < 4.78 is 10.1. The summed E-state index contributed by atoms with van der Waals surface area (Å²) in [5, 5.41) is 11.1. The molecule has 1 aliphatic carbocycles. The van der Waals surface area contributed by atoms with Gasteiger partial charge in [0, 0.05) is 58.8 Å². The minimum Gasteiger partial charge on any atom is -0.469 e. The first kappa shape index (κ1) is 40.5. The van der Waals surface area contributed by atoms with Gasteiger partial charge in [0.2, 0.25) is 0 Å². The van der Waals surface area contributed by atoms with Crippen molar-refractivity contribution < 1.29 is 23.9 Å². The van der Waals surface area contributed by atoms with E-state index in [1.807, 2.05) is 19.1 Å². The summed E-state index contributed by atoms with van der Waals surface area (Å²) in [4.78, 5) is 58.5. The van der Waals surface area contributed by atoms with Crippen LogP contribution in [0.1, 0.15) is 125 Å². The summed E-state index contributed by atoms with van der Waals surface area (Å²) in [5.41, 5.74) is 16.0. The van der Waals surface area contributed by atoms with E-state index in [2.05, 4.69) is 93.8 Å². The lowest BCUT2D eigenvalue weighted by molar-refractivity contribution is -0.141. The van der Waals surface area contributed by atoms with Crippen molar-refractivity contribution in [3.05, 3.63) is 103 Å². The van der Waals surface area contributed by atoms with Crippen molar-refractivity contribution in [1.29, 1.82) is 5.26 Å². The van der Waals surface area contributed by atoms with E-state index < -0.39 is 10.8 Å². The first-order valence-electron chi connectivity index (χ1n) is 20.8. The molecule has 3 unspecified atom stereocenters. The summed E-state index contributed by atoms with van der Waals surface area (Å²) in [6, 6.07) is 12.7. The molecule has 1 aromatic carbocycles. The van der Waals surface area contributed by atoms with Gasteiger partial charge in [-0.15, -0.1) is 0 Å². The Kier molecular flexibility index (Phi) is 9.97. The molecule has 0 saturated carbocycles. The van der Waals surface area contributed by atoms with Gasteiger partial charge in [-0.25, -0.2) is 4.98 Å². The van der Waals surface area contributed by atoms with Gasteiger partial charge >= 0.3 is 11.9 Å². The molecule has 2 N–H and O–H groups in total. The number of esters is 2. The average molecular weight is 805 g/mol. The van der Waals surface area contributed by atoms with Crippen molar-refractivity contribution in [3.63, 3.8) is 0 Å². The predicted octanol–water partition coefficient (Wildman–Crippen LogP) is 9.00. The maximum atomic E-state index is 12.6. The molecule has 3 atom stereocenters. The van der Waals surface area contributed by atoms with Crippen molar-refractivity contribution in [2.75, 3.05) is 26.2 Å². The first-order chi connectivity index (χ1) is 28.7. The molecule has 6 heterocycles. The quantitative estimate of drug-likeness (QED) is 0.125. The number of anilines is 1. The van der Waals surface area contributed by atoms with Crippen LogP contribution >= 0.6 is 0 Å². The highest BCUT2D eigenvalue weighted by atomic mass is 16.5. The Morgan fingerprint density at radius 3 is 2.07 bits per heavy atom. The Morgan fingerprint density at radius 1 is 0.900 bits per heavy atom. The van der Waals surface area contributed by atoms with E-state index in [1.54, 1.807) is 0 Å². The number of aromatic amines is 2. The number of aryl methyl sites for hydroxylation is 5. The van der Waals surface area contributed by atoms with Crippen LogP contribution in [0.4, 0.5) is 5.69 Å². The van der Waals surface area contributed by atoms with Crippen molar-refractivity contribution >= 4 is 63.2 Å². The molecule has 60 heavy (non-hydrogen) atoms. The topological polar surface area (TPSA) is 154 Å². The number of methoxy groups -OCH3 is 2. The van der Waals surface area contributed by atoms with Gasteiger partial charge in [-0.2, -0.15) is 5.26 Å². The number of rotatable bonds is 9. The molecule has 0 radical (unpaired) electrons. The molecule has 308 valence electrons. The van der Waals surface area contributed by atoms with Gasteiger partial charge in [0.15, 0.2) is 0 Å². The second kappa shape index (κ2) is 14.8. The second-order valence-electron chi connectivity index (χ2n) is 16.8. The Balaban J connectivity index is 1.60. The van der Waals surface area contributed by atoms with Gasteiger partial charge in [-0.1, -0.05) is 13.8 Å². The Bertz CT molecular complexity index is 2830. The highest BCUT2D eigenvalue weighted by Crippen LogP contribution is 2.65.